The maximum atomic E-state index is 12.2. The number of nitrogens with one attached hydrogen (secondary N) is 1. The quantitative estimate of drug-likeness (QED) is 0.301. The number of halogens is 1. The van der Waals surface area contributed by atoms with E-state index in [0.29, 0.717) is 51.0 Å². The Hall–Kier alpha value is -4.36. The molecule has 204 valence electrons. The summed E-state index contributed by atoms with van der Waals surface area (Å²) in [6, 6.07) is 7.27. The lowest BCUT2D eigenvalue weighted by molar-refractivity contribution is -0.159. The van der Waals surface area contributed by atoms with Crippen LogP contribution in [0.4, 0.5) is 16.3 Å². The summed E-state index contributed by atoms with van der Waals surface area (Å²) in [5, 5.41) is 28.9. The van der Waals surface area contributed by atoms with Gasteiger partial charge < -0.3 is 34.8 Å². The van der Waals surface area contributed by atoms with Crippen molar-refractivity contribution in [2.75, 3.05) is 45.2 Å². The first-order valence-corrected chi connectivity index (χ1v) is 11.3. The topological polar surface area (TPSA) is 181 Å². The van der Waals surface area contributed by atoms with Crippen molar-refractivity contribution in [2.24, 2.45) is 0 Å². The molecule has 1 heterocycles. The smallest absolute Gasteiger partial charge is 0.414 e. The number of benzene rings is 2. The van der Waals surface area contributed by atoms with Crippen LogP contribution in [0.25, 0.3) is 10.9 Å². The summed E-state index contributed by atoms with van der Waals surface area (Å²) >= 11 is 6.23. The molecular weight excluding hydrogens is 524 g/mol. The second-order valence-electron chi connectivity index (χ2n) is 7.46. The van der Waals surface area contributed by atoms with E-state index in [-0.39, 0.29) is 13.0 Å². The molecule has 1 aromatic heterocycles. The van der Waals surface area contributed by atoms with Crippen LogP contribution in [0.3, 0.4) is 0 Å². The van der Waals surface area contributed by atoms with Gasteiger partial charge in [0.15, 0.2) is 0 Å². The first-order valence-electron chi connectivity index (χ1n) is 10.9. The number of aliphatic carboxylic acids is 2. The van der Waals surface area contributed by atoms with Crippen LogP contribution in [0.1, 0.15) is 11.1 Å². The van der Waals surface area contributed by atoms with Gasteiger partial charge in [-0.05, 0) is 23.8 Å². The maximum Gasteiger partial charge on any atom is 0.414 e. The summed E-state index contributed by atoms with van der Waals surface area (Å²) < 4.78 is 15.6. The molecule has 0 aliphatic rings. The minimum absolute atomic E-state index is 0.117. The Balaban J connectivity index is 0.000000757. The van der Waals surface area contributed by atoms with E-state index in [2.05, 4.69) is 15.3 Å². The number of carbonyl (C=O) groups is 3. The first-order chi connectivity index (χ1) is 18.1. The molecule has 13 nitrogen and oxygen atoms in total. The number of aromatic nitrogens is 2. The van der Waals surface area contributed by atoms with Gasteiger partial charge in [-0.25, -0.2) is 24.4 Å². The first kappa shape index (κ1) is 29.9. The fourth-order valence-electron chi connectivity index (χ4n) is 3.44. The highest BCUT2D eigenvalue weighted by Crippen LogP contribution is 2.39. The SMILES string of the molecule is COC(=O)N(C)c1cc2c(NCc3ccc(OC)c(Cl)c3)ncnc2c(CCO)c1OC.O=C(O)C(=O)O. The highest BCUT2D eigenvalue weighted by Gasteiger charge is 2.23. The van der Waals surface area contributed by atoms with Crippen molar-refractivity contribution in [3.05, 3.63) is 46.7 Å². The fourth-order valence-corrected chi connectivity index (χ4v) is 3.72. The van der Waals surface area contributed by atoms with Gasteiger partial charge in [0.1, 0.15) is 23.6 Å². The summed E-state index contributed by atoms with van der Waals surface area (Å²) in [7, 11) is 5.95. The standard InChI is InChI=1S/C22H25ClN4O5.C2H2O4/c1-27(22(29)32-4)17-10-15-19(14(7-8-28)20(17)31-3)25-12-26-21(15)24-11-13-5-6-18(30-2)16(23)9-13;3-1(4)2(5)6/h5-6,9-10,12,28H,7-8,11H2,1-4H3,(H,24,25,26);(H,3,4)(H,5,6). The molecule has 4 N–H and O–H groups in total. The van der Waals surface area contributed by atoms with Crippen LogP contribution in [0.15, 0.2) is 30.6 Å². The average Bonchev–Trinajstić information content (AvgIpc) is 2.91. The molecule has 0 aliphatic heterocycles. The van der Waals surface area contributed by atoms with E-state index in [1.165, 1.54) is 25.4 Å². The molecule has 0 fully saturated rings. The Morgan fingerprint density at radius 1 is 1.05 bits per heavy atom. The minimum Gasteiger partial charge on any atom is -0.495 e. The van der Waals surface area contributed by atoms with E-state index in [4.69, 9.17) is 45.6 Å². The van der Waals surface area contributed by atoms with Crippen molar-refractivity contribution in [2.45, 2.75) is 13.0 Å². The van der Waals surface area contributed by atoms with Crippen molar-refractivity contribution >= 4 is 52.0 Å². The molecule has 3 aromatic rings. The van der Waals surface area contributed by atoms with Gasteiger partial charge in [-0.1, -0.05) is 17.7 Å². The number of ether oxygens (including phenoxy) is 3. The second-order valence-corrected chi connectivity index (χ2v) is 7.87. The molecule has 0 saturated heterocycles. The van der Waals surface area contributed by atoms with Crippen LogP contribution in [0, 0.1) is 0 Å². The van der Waals surface area contributed by atoms with E-state index in [9.17, 15) is 9.90 Å². The van der Waals surface area contributed by atoms with Gasteiger partial charge in [0.2, 0.25) is 0 Å². The zero-order valence-corrected chi connectivity index (χ0v) is 21.8. The lowest BCUT2D eigenvalue weighted by Crippen LogP contribution is -2.26. The number of hydrogen-bond donors (Lipinski definition) is 4. The highest BCUT2D eigenvalue weighted by molar-refractivity contribution is 6.32. The third-order valence-corrected chi connectivity index (χ3v) is 5.49. The van der Waals surface area contributed by atoms with Crippen molar-refractivity contribution < 1.29 is 43.9 Å². The van der Waals surface area contributed by atoms with Gasteiger partial charge in [0.05, 0.1) is 37.6 Å². The molecular formula is C24H27ClN4O9. The predicted octanol–water partition coefficient (Wildman–Crippen LogP) is 2.81. The molecule has 0 bridgehead atoms. The van der Waals surface area contributed by atoms with Crippen LogP contribution in [-0.4, -0.2) is 78.3 Å². The van der Waals surface area contributed by atoms with Crippen LogP contribution >= 0.6 is 11.6 Å². The largest absolute Gasteiger partial charge is 0.495 e. The Bertz CT molecular complexity index is 1310. The van der Waals surface area contributed by atoms with Gasteiger partial charge in [0, 0.05) is 37.6 Å². The third kappa shape index (κ3) is 7.11. The number of methoxy groups -OCH3 is 3. The summed E-state index contributed by atoms with van der Waals surface area (Å²) in [5.74, 6) is -2.06. The fraction of sp³-hybridized carbons (Fsp3) is 0.292. The van der Waals surface area contributed by atoms with E-state index in [1.54, 1.807) is 26.3 Å². The molecule has 3 rings (SSSR count). The molecule has 0 spiro atoms. The van der Waals surface area contributed by atoms with Crippen LogP contribution in [-0.2, 0) is 27.3 Å². The minimum atomic E-state index is -1.82. The van der Waals surface area contributed by atoms with E-state index in [0.717, 1.165) is 5.56 Å². The Morgan fingerprint density at radius 3 is 2.26 bits per heavy atom. The molecule has 1 amide bonds. The van der Waals surface area contributed by atoms with Crippen LogP contribution in [0.2, 0.25) is 5.02 Å². The Morgan fingerprint density at radius 2 is 1.74 bits per heavy atom. The number of fused-ring (bicyclic) bond motifs is 1. The molecule has 38 heavy (non-hydrogen) atoms. The highest BCUT2D eigenvalue weighted by atomic mass is 35.5. The lowest BCUT2D eigenvalue weighted by Gasteiger charge is -2.22. The zero-order valence-electron chi connectivity index (χ0n) is 21.0. The predicted molar refractivity (Wildman–Crippen MR) is 138 cm³/mol. The lowest BCUT2D eigenvalue weighted by atomic mass is 10.0. The molecule has 0 atom stereocenters. The van der Waals surface area contributed by atoms with Crippen molar-refractivity contribution in [3.8, 4) is 11.5 Å². The van der Waals surface area contributed by atoms with Crippen LogP contribution < -0.4 is 19.7 Å². The second kappa shape index (κ2) is 13.8. The number of carboxylic acids is 2. The summed E-state index contributed by atoms with van der Waals surface area (Å²) in [6.45, 7) is 0.327. The number of nitrogens with zero attached hydrogens (tertiary/aromatic N) is 3. The van der Waals surface area contributed by atoms with Crippen molar-refractivity contribution in [1.82, 2.24) is 9.97 Å². The third-order valence-electron chi connectivity index (χ3n) is 5.19. The molecule has 2 aromatic carbocycles. The Labute approximate surface area is 222 Å². The molecule has 0 saturated carbocycles. The van der Waals surface area contributed by atoms with Gasteiger partial charge in [-0.2, -0.15) is 0 Å². The Kier molecular flexibility index (Phi) is 10.9. The summed E-state index contributed by atoms with van der Waals surface area (Å²) in [6.07, 6.45) is 1.17. The number of aliphatic hydroxyl groups excluding tert-OH is 1. The number of aliphatic hydroxyl groups is 1. The number of amides is 1. The number of hydrogen-bond acceptors (Lipinski definition) is 10. The summed E-state index contributed by atoms with van der Waals surface area (Å²) in [5.41, 5.74) is 2.68. The van der Waals surface area contributed by atoms with E-state index < -0.39 is 18.0 Å². The molecule has 14 heteroatoms. The van der Waals surface area contributed by atoms with Crippen molar-refractivity contribution in [3.63, 3.8) is 0 Å². The van der Waals surface area contributed by atoms with Crippen molar-refractivity contribution in [1.29, 1.82) is 0 Å². The van der Waals surface area contributed by atoms with E-state index in [1.807, 2.05) is 12.1 Å². The zero-order chi connectivity index (χ0) is 28.4. The monoisotopic (exact) mass is 550 g/mol. The van der Waals surface area contributed by atoms with Gasteiger partial charge in [-0.3, -0.25) is 4.90 Å². The van der Waals surface area contributed by atoms with Gasteiger partial charge in [-0.15, -0.1) is 0 Å². The van der Waals surface area contributed by atoms with Gasteiger partial charge >= 0.3 is 18.0 Å². The molecule has 0 aliphatic carbocycles. The summed E-state index contributed by atoms with van der Waals surface area (Å²) in [4.78, 5) is 40.5. The molecule has 0 unspecified atom stereocenters. The van der Waals surface area contributed by atoms with Gasteiger partial charge in [0.25, 0.3) is 0 Å². The van der Waals surface area contributed by atoms with Crippen LogP contribution in [0.5, 0.6) is 11.5 Å². The number of carbonyl (C=O) groups excluding carboxylic acids is 1. The number of carboxylic acid groups (broad SMARTS) is 2. The molecule has 0 radical (unpaired) electrons. The average molecular weight is 551 g/mol. The maximum absolute atomic E-state index is 12.2. The number of anilines is 2. The number of rotatable bonds is 8. The normalized spacial score (nSPS) is 10.2. The van der Waals surface area contributed by atoms with E-state index >= 15 is 0 Å².